The van der Waals surface area contributed by atoms with Gasteiger partial charge >= 0.3 is 0 Å². The molecule has 0 fully saturated rings. The zero-order valence-electron chi connectivity index (χ0n) is 32.1. The highest BCUT2D eigenvalue weighted by Gasteiger charge is 2.20. The van der Waals surface area contributed by atoms with E-state index in [2.05, 4.69) is 216 Å². The van der Waals surface area contributed by atoms with Gasteiger partial charge in [-0.2, -0.15) is 0 Å². The van der Waals surface area contributed by atoms with Crippen molar-refractivity contribution in [2.75, 3.05) is 4.90 Å². The molecule has 2 heterocycles. The first-order valence-corrected chi connectivity index (χ1v) is 20.2. The van der Waals surface area contributed by atoms with Crippen LogP contribution < -0.4 is 4.90 Å². The molecule has 59 heavy (non-hydrogen) atoms. The summed E-state index contributed by atoms with van der Waals surface area (Å²) in [5.41, 5.74) is 13.3. The third kappa shape index (κ3) is 5.29. The molecule has 3 nitrogen and oxygen atoms in total. The van der Waals surface area contributed by atoms with Gasteiger partial charge in [0.05, 0.1) is 22.4 Å². The first-order valence-electron chi connectivity index (χ1n) is 20.2. The maximum atomic E-state index is 6.27. The Balaban J connectivity index is 1.02. The zero-order chi connectivity index (χ0) is 38.9. The molecule has 0 radical (unpaired) electrons. The summed E-state index contributed by atoms with van der Waals surface area (Å²) in [5.74, 6) is 0. The van der Waals surface area contributed by atoms with Crippen molar-refractivity contribution in [3.05, 3.63) is 218 Å². The van der Waals surface area contributed by atoms with Crippen LogP contribution in [0.4, 0.5) is 17.1 Å². The van der Waals surface area contributed by atoms with Crippen LogP contribution in [0.15, 0.2) is 223 Å². The van der Waals surface area contributed by atoms with Crippen LogP contribution in [-0.2, 0) is 0 Å². The lowest BCUT2D eigenvalue weighted by Gasteiger charge is -2.28. The highest BCUT2D eigenvalue weighted by atomic mass is 16.3. The lowest BCUT2D eigenvalue weighted by molar-refractivity contribution is 0.669. The molecule has 12 aromatic rings. The van der Waals surface area contributed by atoms with Crippen molar-refractivity contribution >= 4 is 82.4 Å². The lowest BCUT2D eigenvalue weighted by atomic mass is 9.97. The molecule has 3 heteroatoms. The highest BCUT2D eigenvalue weighted by Crippen LogP contribution is 2.44. The molecule has 0 amide bonds. The van der Waals surface area contributed by atoms with E-state index in [1.165, 1.54) is 48.9 Å². The van der Waals surface area contributed by atoms with E-state index in [9.17, 15) is 0 Å². The van der Waals surface area contributed by atoms with Gasteiger partial charge in [0, 0.05) is 43.9 Å². The second-order valence-corrected chi connectivity index (χ2v) is 15.3. The quantitative estimate of drug-likeness (QED) is 0.158. The van der Waals surface area contributed by atoms with Gasteiger partial charge in [0.15, 0.2) is 0 Å². The summed E-state index contributed by atoms with van der Waals surface area (Å²) in [6, 6.07) is 78.8. The van der Waals surface area contributed by atoms with Crippen molar-refractivity contribution in [2.24, 2.45) is 0 Å². The van der Waals surface area contributed by atoms with Crippen LogP contribution in [0.5, 0.6) is 0 Å². The predicted octanol–water partition coefficient (Wildman–Crippen LogP) is 15.8. The first-order chi connectivity index (χ1) is 29.3. The summed E-state index contributed by atoms with van der Waals surface area (Å²) in [6.07, 6.45) is 0. The average Bonchev–Trinajstić information content (AvgIpc) is 3.86. The first kappa shape index (κ1) is 33.3. The minimum Gasteiger partial charge on any atom is -0.456 e. The normalized spacial score (nSPS) is 11.7. The van der Waals surface area contributed by atoms with Crippen LogP contribution in [0.3, 0.4) is 0 Å². The van der Waals surface area contributed by atoms with E-state index in [0.29, 0.717) is 0 Å². The molecule has 0 N–H and O–H groups in total. The molecular weight excluding hydrogens is 717 g/mol. The number of para-hydroxylation sites is 4. The lowest BCUT2D eigenvalue weighted by Crippen LogP contribution is -2.10. The summed E-state index contributed by atoms with van der Waals surface area (Å²) in [7, 11) is 0. The fraction of sp³-hybridized carbons (Fsp3) is 0. The van der Waals surface area contributed by atoms with Crippen LogP contribution in [0.25, 0.3) is 93.2 Å². The summed E-state index contributed by atoms with van der Waals surface area (Å²) in [5, 5.41) is 9.68. The van der Waals surface area contributed by atoms with Crippen LogP contribution in [0, 0.1) is 0 Å². The van der Waals surface area contributed by atoms with Gasteiger partial charge in [-0.1, -0.05) is 158 Å². The van der Waals surface area contributed by atoms with Crippen molar-refractivity contribution in [2.45, 2.75) is 0 Å². The van der Waals surface area contributed by atoms with E-state index in [1.54, 1.807) is 0 Å². The van der Waals surface area contributed by atoms with Gasteiger partial charge in [-0.25, -0.2) is 0 Å². The Morgan fingerprint density at radius 1 is 0.339 bits per heavy atom. The van der Waals surface area contributed by atoms with Crippen LogP contribution in [0.2, 0.25) is 0 Å². The SMILES string of the molecule is c1ccc(-n2c3ccccc3c3ccccc32)c(-c2ccc(N(c3ccc(-c4cccc5oc6ccccc6c45)cc3)c3cccc4ccc5ccccc5c34)cc2)c1. The van der Waals surface area contributed by atoms with E-state index >= 15 is 0 Å². The van der Waals surface area contributed by atoms with Crippen LogP contribution in [-0.4, -0.2) is 4.57 Å². The maximum Gasteiger partial charge on any atom is 0.136 e. The Morgan fingerprint density at radius 2 is 0.864 bits per heavy atom. The summed E-state index contributed by atoms with van der Waals surface area (Å²) < 4.78 is 8.68. The third-order valence-electron chi connectivity index (χ3n) is 12.0. The molecular formula is C56H36N2O. The predicted molar refractivity (Wildman–Crippen MR) is 249 cm³/mol. The van der Waals surface area contributed by atoms with Gasteiger partial charge < -0.3 is 13.9 Å². The Labute approximate surface area is 341 Å². The molecule has 0 atom stereocenters. The number of fused-ring (bicyclic) bond motifs is 9. The van der Waals surface area contributed by atoms with E-state index in [0.717, 1.165) is 61.4 Å². The van der Waals surface area contributed by atoms with Gasteiger partial charge in [0.25, 0.3) is 0 Å². The number of rotatable bonds is 6. The summed E-state index contributed by atoms with van der Waals surface area (Å²) in [6.45, 7) is 0. The number of hydrogen-bond acceptors (Lipinski definition) is 2. The van der Waals surface area contributed by atoms with Crippen molar-refractivity contribution in [1.29, 1.82) is 0 Å². The van der Waals surface area contributed by atoms with Crippen molar-refractivity contribution in [3.8, 4) is 27.9 Å². The number of benzene rings is 10. The van der Waals surface area contributed by atoms with Crippen molar-refractivity contribution < 1.29 is 4.42 Å². The second kappa shape index (κ2) is 13.4. The van der Waals surface area contributed by atoms with Crippen LogP contribution in [0.1, 0.15) is 0 Å². The van der Waals surface area contributed by atoms with E-state index in [1.807, 2.05) is 12.1 Å². The summed E-state index contributed by atoms with van der Waals surface area (Å²) in [4.78, 5) is 2.41. The fourth-order valence-corrected chi connectivity index (χ4v) is 9.34. The summed E-state index contributed by atoms with van der Waals surface area (Å²) >= 11 is 0. The van der Waals surface area contributed by atoms with E-state index in [-0.39, 0.29) is 0 Å². The Morgan fingerprint density at radius 3 is 1.61 bits per heavy atom. The molecule has 0 bridgehead atoms. The largest absolute Gasteiger partial charge is 0.456 e. The van der Waals surface area contributed by atoms with Gasteiger partial charge in [-0.15, -0.1) is 0 Å². The van der Waals surface area contributed by atoms with E-state index < -0.39 is 0 Å². The highest BCUT2D eigenvalue weighted by molar-refractivity contribution is 6.16. The van der Waals surface area contributed by atoms with Crippen molar-refractivity contribution in [1.82, 2.24) is 4.57 Å². The van der Waals surface area contributed by atoms with Gasteiger partial charge in [-0.3, -0.25) is 0 Å². The fourth-order valence-electron chi connectivity index (χ4n) is 9.34. The molecule has 0 aliphatic heterocycles. The standard InChI is InChI=1S/C56H36N2O/c1-2-16-44-37(13-1)27-28-40-14-11-24-52(55(40)44)57(42-35-31-39(32-36-42)45-20-12-26-54-56(45)48-19-6-10-25-53(48)59-54)41-33-29-38(30-34-41)43-15-3-7-21-49(43)58-50-22-8-4-17-46(50)47-18-5-9-23-51(47)58/h1-36H. The number of furan rings is 1. The molecule has 0 saturated carbocycles. The van der Waals surface area contributed by atoms with Crippen molar-refractivity contribution in [3.63, 3.8) is 0 Å². The monoisotopic (exact) mass is 752 g/mol. The molecule has 0 saturated heterocycles. The average molecular weight is 753 g/mol. The number of aromatic nitrogens is 1. The van der Waals surface area contributed by atoms with Crippen LogP contribution >= 0.6 is 0 Å². The van der Waals surface area contributed by atoms with Gasteiger partial charge in [0.1, 0.15) is 11.2 Å². The minimum absolute atomic E-state index is 0.900. The Hall–Kier alpha value is -7.88. The Kier molecular flexibility index (Phi) is 7.54. The zero-order valence-corrected chi connectivity index (χ0v) is 32.1. The number of anilines is 3. The molecule has 2 aromatic heterocycles. The molecule has 0 spiro atoms. The maximum absolute atomic E-state index is 6.27. The van der Waals surface area contributed by atoms with Gasteiger partial charge in [-0.05, 0) is 93.5 Å². The molecule has 12 rings (SSSR count). The minimum atomic E-state index is 0.900. The molecule has 10 aromatic carbocycles. The topological polar surface area (TPSA) is 21.3 Å². The molecule has 0 aliphatic rings. The smallest absolute Gasteiger partial charge is 0.136 e. The molecule has 0 aliphatic carbocycles. The molecule has 276 valence electrons. The second-order valence-electron chi connectivity index (χ2n) is 15.3. The number of nitrogens with zero attached hydrogens (tertiary/aromatic N) is 2. The van der Waals surface area contributed by atoms with E-state index in [4.69, 9.17) is 4.42 Å². The molecule has 0 unspecified atom stereocenters. The van der Waals surface area contributed by atoms with Gasteiger partial charge in [0.2, 0.25) is 0 Å². The number of hydrogen-bond donors (Lipinski definition) is 0. The Bertz CT molecular complexity index is 3500. The third-order valence-corrected chi connectivity index (χ3v) is 12.0.